The zero-order valence-electron chi connectivity index (χ0n) is 26.3. The minimum atomic E-state index is -0.852. The van der Waals surface area contributed by atoms with Gasteiger partial charge in [0.25, 0.3) is 0 Å². The van der Waals surface area contributed by atoms with Crippen LogP contribution in [0.4, 0.5) is 0 Å². The van der Waals surface area contributed by atoms with E-state index in [0.717, 1.165) is 73.6 Å². The summed E-state index contributed by atoms with van der Waals surface area (Å²) in [6.45, 7) is 4.12. The molecule has 0 fully saturated rings. The van der Waals surface area contributed by atoms with E-state index in [9.17, 15) is 13.8 Å². The molecule has 0 bridgehead atoms. The van der Waals surface area contributed by atoms with E-state index < -0.39 is 21.6 Å². The molecule has 2 unspecified atom stereocenters. The summed E-state index contributed by atoms with van der Waals surface area (Å²) >= 11 is 0. The fraction of sp³-hybridized carbons (Fsp3) is 0.350. The number of unbranched alkanes of at least 4 members (excludes halogenated alkanes) is 4. The fourth-order valence-corrected chi connectivity index (χ4v) is 7.40. The summed E-state index contributed by atoms with van der Waals surface area (Å²) in [5.74, 6) is 1.70. The normalized spacial score (nSPS) is 14.7. The van der Waals surface area contributed by atoms with Gasteiger partial charge in [-0.3, -0.25) is 13.8 Å². The van der Waals surface area contributed by atoms with Crippen molar-refractivity contribution in [2.45, 2.75) is 76.0 Å². The van der Waals surface area contributed by atoms with Gasteiger partial charge in [0.2, 0.25) is 0 Å². The third-order valence-electron chi connectivity index (χ3n) is 8.99. The summed E-state index contributed by atoms with van der Waals surface area (Å²) < 4.78 is 12.8. The highest BCUT2D eigenvalue weighted by Gasteiger charge is 2.36. The smallest absolute Gasteiger partial charge is 0.173 e. The van der Waals surface area contributed by atoms with Gasteiger partial charge in [-0.25, -0.2) is 0 Å². The number of carbonyl (C=O) groups is 2. The number of carbonyl (C=O) groups excluding carboxylic acids is 2. The van der Waals surface area contributed by atoms with Crippen LogP contribution in [0.15, 0.2) is 121 Å². The molecule has 4 aromatic rings. The van der Waals surface area contributed by atoms with Crippen molar-refractivity contribution in [2.24, 2.45) is 0 Å². The van der Waals surface area contributed by atoms with Gasteiger partial charge in [0.05, 0.1) is 10.8 Å². The number of rotatable bonds is 18. The van der Waals surface area contributed by atoms with Crippen LogP contribution in [0.2, 0.25) is 0 Å². The number of Topliss-reactive ketones (excluding diaryl/α,β-unsaturated/α-hetero) is 2. The van der Waals surface area contributed by atoms with Crippen LogP contribution in [0.3, 0.4) is 0 Å². The van der Waals surface area contributed by atoms with Gasteiger partial charge < -0.3 is 0 Å². The van der Waals surface area contributed by atoms with Crippen LogP contribution in [-0.2, 0) is 21.6 Å². The topological polar surface area (TPSA) is 51.2 Å². The van der Waals surface area contributed by atoms with E-state index in [1.807, 2.05) is 97.1 Å². The van der Waals surface area contributed by atoms with E-state index in [2.05, 4.69) is 38.1 Å². The van der Waals surface area contributed by atoms with Crippen molar-refractivity contribution in [1.29, 1.82) is 0 Å². The minimum absolute atomic E-state index is 0.154. The van der Waals surface area contributed by atoms with Crippen molar-refractivity contribution in [1.82, 2.24) is 0 Å². The molecule has 0 aliphatic carbocycles. The summed E-state index contributed by atoms with van der Waals surface area (Å²) in [6.07, 6.45) is 7.05. The zero-order chi connectivity index (χ0) is 31.3. The van der Waals surface area contributed by atoms with Gasteiger partial charge >= 0.3 is 0 Å². The maximum absolute atomic E-state index is 13.6. The average molecular weight is 607 g/mol. The first-order valence-corrected chi connectivity index (χ1v) is 17.5. The summed E-state index contributed by atoms with van der Waals surface area (Å²) in [6, 6.07) is 39.3. The van der Waals surface area contributed by atoms with Crippen LogP contribution < -0.4 is 0 Å². The maximum atomic E-state index is 13.6. The van der Waals surface area contributed by atoms with Crippen molar-refractivity contribution in [3.8, 4) is 0 Å². The third-order valence-corrected chi connectivity index (χ3v) is 10.5. The lowest BCUT2D eigenvalue weighted by molar-refractivity contribution is 0.0879. The predicted octanol–water partition coefficient (Wildman–Crippen LogP) is 9.54. The van der Waals surface area contributed by atoms with Crippen LogP contribution >= 0.6 is 0 Å². The molecule has 0 heterocycles. The summed E-state index contributed by atoms with van der Waals surface area (Å²) in [7, 11) is -0.852. The maximum Gasteiger partial charge on any atom is 0.173 e. The highest BCUT2D eigenvalue weighted by atomic mass is 32.2. The standard InChI is InChI=1S/C40H46O3S/c1-39(35-25-13-5-14-26-35,37(41)33-21-9-3-10-22-33)29-17-7-19-31-44(43)32-20-8-18-30-40(2,36-27-15-6-16-28-36)38(42)34-23-11-4-12-24-34/h3-6,9-16,21-28H,7-8,17-20,29-32H2,1-2H3. The molecule has 0 saturated carbocycles. The van der Waals surface area contributed by atoms with Crippen molar-refractivity contribution in [3.05, 3.63) is 144 Å². The molecule has 4 heteroatoms. The average Bonchev–Trinajstić information content (AvgIpc) is 3.08. The first-order valence-electron chi connectivity index (χ1n) is 16.0. The SMILES string of the molecule is CC(CCCCCS(=O)CCCCCC(C)(C(=O)c1ccccc1)c1ccccc1)(C(=O)c1ccccc1)c1ccccc1. The molecule has 4 rings (SSSR count). The monoisotopic (exact) mass is 606 g/mol. The lowest BCUT2D eigenvalue weighted by atomic mass is 9.72. The number of hydrogen-bond donors (Lipinski definition) is 0. The van der Waals surface area contributed by atoms with Crippen molar-refractivity contribution < 1.29 is 13.8 Å². The van der Waals surface area contributed by atoms with E-state index in [0.29, 0.717) is 11.5 Å². The molecular weight excluding hydrogens is 561 g/mol. The molecule has 0 saturated heterocycles. The van der Waals surface area contributed by atoms with E-state index >= 15 is 0 Å². The quantitative estimate of drug-likeness (QED) is 0.0837. The van der Waals surface area contributed by atoms with Crippen molar-refractivity contribution in [3.63, 3.8) is 0 Å². The Bertz CT molecular complexity index is 1360. The highest BCUT2D eigenvalue weighted by molar-refractivity contribution is 7.84. The fourth-order valence-electron chi connectivity index (χ4n) is 6.14. The molecule has 0 aliphatic rings. The van der Waals surface area contributed by atoms with Gasteiger partial charge in [0, 0.05) is 33.4 Å². The van der Waals surface area contributed by atoms with E-state index in [-0.39, 0.29) is 11.6 Å². The first kappa shape index (κ1) is 33.3. The van der Waals surface area contributed by atoms with Gasteiger partial charge in [0.15, 0.2) is 11.6 Å². The second-order valence-electron chi connectivity index (χ2n) is 12.3. The largest absolute Gasteiger partial charge is 0.293 e. The lowest BCUT2D eigenvalue weighted by Gasteiger charge is -2.29. The van der Waals surface area contributed by atoms with Gasteiger partial charge in [-0.1, -0.05) is 147 Å². The molecule has 0 radical (unpaired) electrons. The van der Waals surface area contributed by atoms with Crippen molar-refractivity contribution >= 4 is 22.4 Å². The number of hydrogen-bond acceptors (Lipinski definition) is 3. The molecule has 2 atom stereocenters. The molecule has 0 N–H and O–H groups in total. The Morgan fingerprint density at radius 1 is 0.477 bits per heavy atom. The second kappa shape index (κ2) is 16.4. The second-order valence-corrected chi connectivity index (χ2v) is 14.0. The Morgan fingerprint density at radius 2 is 0.795 bits per heavy atom. The molecule has 3 nitrogen and oxygen atoms in total. The Kier molecular flexibility index (Phi) is 12.4. The summed E-state index contributed by atoms with van der Waals surface area (Å²) in [4.78, 5) is 27.2. The number of ketones is 2. The van der Waals surface area contributed by atoms with Crippen LogP contribution in [-0.4, -0.2) is 27.3 Å². The van der Waals surface area contributed by atoms with Crippen LogP contribution in [0.25, 0.3) is 0 Å². The molecule has 44 heavy (non-hydrogen) atoms. The Labute approximate surface area is 266 Å². The van der Waals surface area contributed by atoms with Crippen molar-refractivity contribution in [2.75, 3.05) is 11.5 Å². The number of benzene rings is 4. The first-order chi connectivity index (χ1) is 21.3. The van der Waals surface area contributed by atoms with Gasteiger partial charge in [-0.2, -0.15) is 0 Å². The van der Waals surface area contributed by atoms with Gasteiger partial charge in [0.1, 0.15) is 0 Å². The van der Waals surface area contributed by atoms with Crippen LogP contribution in [0, 0.1) is 0 Å². The lowest BCUT2D eigenvalue weighted by Crippen LogP contribution is -2.33. The van der Waals surface area contributed by atoms with Gasteiger partial charge in [-0.05, 0) is 50.7 Å². The molecule has 0 aliphatic heterocycles. The summed E-state index contributed by atoms with van der Waals surface area (Å²) in [5, 5.41) is 0. The van der Waals surface area contributed by atoms with E-state index in [1.54, 1.807) is 0 Å². The third kappa shape index (κ3) is 8.72. The molecule has 0 amide bonds. The molecule has 0 spiro atoms. The Hall–Kier alpha value is -3.63. The van der Waals surface area contributed by atoms with E-state index in [1.165, 1.54) is 0 Å². The Morgan fingerprint density at radius 3 is 1.14 bits per heavy atom. The molecule has 230 valence electrons. The zero-order valence-corrected chi connectivity index (χ0v) is 27.1. The van der Waals surface area contributed by atoms with Gasteiger partial charge in [-0.15, -0.1) is 0 Å². The molecular formula is C40H46O3S. The minimum Gasteiger partial charge on any atom is -0.293 e. The molecule has 4 aromatic carbocycles. The highest BCUT2D eigenvalue weighted by Crippen LogP contribution is 2.35. The predicted molar refractivity (Wildman–Crippen MR) is 184 cm³/mol. The summed E-state index contributed by atoms with van der Waals surface area (Å²) in [5.41, 5.74) is 2.41. The van der Waals surface area contributed by atoms with Crippen LogP contribution in [0.1, 0.15) is 97.1 Å². The van der Waals surface area contributed by atoms with E-state index in [4.69, 9.17) is 0 Å². The Balaban J connectivity index is 1.21. The van der Waals surface area contributed by atoms with Crippen LogP contribution in [0.5, 0.6) is 0 Å². The molecule has 0 aromatic heterocycles.